The minimum atomic E-state index is -3.64. The first-order chi connectivity index (χ1) is 20.3. The standard InChI is InChI=1S/C32H39N3O6S/c1-3-4-19-33-32(37)28(21-25-12-7-5-8-13-25)34(23-26-14-9-6-10-15-26)31(36)16-11-20-35(42(2,38)39)27-17-18-29-30(22-27)41-24-40-29/h5-10,12-15,17-18,22,28H,3-4,11,16,19-21,23-24H2,1-2H3,(H,33,37)/t28-/m0/s1. The van der Waals surface area contributed by atoms with Crippen LogP contribution in [0.15, 0.2) is 78.9 Å². The first-order valence-electron chi connectivity index (χ1n) is 14.3. The van der Waals surface area contributed by atoms with Gasteiger partial charge in [-0.15, -0.1) is 0 Å². The number of sulfonamides is 1. The van der Waals surface area contributed by atoms with Crippen molar-refractivity contribution in [3.05, 3.63) is 90.0 Å². The molecule has 1 heterocycles. The van der Waals surface area contributed by atoms with Crippen LogP contribution in [0.2, 0.25) is 0 Å². The number of carbonyl (C=O) groups excluding carboxylic acids is 2. The summed E-state index contributed by atoms with van der Waals surface area (Å²) < 4.78 is 37.5. The molecule has 1 N–H and O–H groups in total. The Morgan fingerprint density at radius 2 is 1.57 bits per heavy atom. The van der Waals surface area contributed by atoms with E-state index in [9.17, 15) is 18.0 Å². The van der Waals surface area contributed by atoms with Crippen LogP contribution < -0.4 is 19.1 Å². The van der Waals surface area contributed by atoms with Gasteiger partial charge in [-0.05, 0) is 36.1 Å². The van der Waals surface area contributed by atoms with Gasteiger partial charge < -0.3 is 19.7 Å². The van der Waals surface area contributed by atoms with Crippen LogP contribution in [0.5, 0.6) is 11.5 Å². The highest BCUT2D eigenvalue weighted by molar-refractivity contribution is 7.92. The molecule has 0 fully saturated rings. The number of hydrogen-bond acceptors (Lipinski definition) is 6. The normalized spacial score (nSPS) is 12.9. The van der Waals surface area contributed by atoms with Crippen LogP contribution in [-0.2, 0) is 32.6 Å². The summed E-state index contributed by atoms with van der Waals surface area (Å²) in [6.45, 7) is 3.03. The van der Waals surface area contributed by atoms with Crippen LogP contribution in [0.25, 0.3) is 0 Å². The van der Waals surface area contributed by atoms with Crippen LogP contribution in [0.4, 0.5) is 5.69 Å². The molecule has 0 unspecified atom stereocenters. The van der Waals surface area contributed by atoms with Crippen LogP contribution in [0.1, 0.15) is 43.7 Å². The summed E-state index contributed by atoms with van der Waals surface area (Å²) in [6.07, 6.45) is 3.62. The molecule has 9 nitrogen and oxygen atoms in total. The van der Waals surface area contributed by atoms with Gasteiger partial charge >= 0.3 is 0 Å². The molecule has 3 aromatic rings. The van der Waals surface area contributed by atoms with Gasteiger partial charge in [0.25, 0.3) is 0 Å². The maximum Gasteiger partial charge on any atom is 0.243 e. The molecule has 1 aliphatic heterocycles. The number of anilines is 1. The summed E-state index contributed by atoms with van der Waals surface area (Å²) in [5.41, 5.74) is 2.29. The van der Waals surface area contributed by atoms with Crippen molar-refractivity contribution in [2.75, 3.05) is 30.4 Å². The molecule has 42 heavy (non-hydrogen) atoms. The van der Waals surface area contributed by atoms with E-state index in [1.165, 1.54) is 4.31 Å². The zero-order valence-electron chi connectivity index (χ0n) is 24.2. The SMILES string of the molecule is CCCCNC(=O)[C@H](Cc1ccccc1)N(Cc1ccccc1)C(=O)CCCN(c1ccc2c(c1)OCO2)S(C)(=O)=O. The average Bonchev–Trinajstić information content (AvgIpc) is 3.45. The summed E-state index contributed by atoms with van der Waals surface area (Å²) in [7, 11) is -3.64. The molecule has 0 spiro atoms. The number of benzene rings is 3. The molecule has 10 heteroatoms. The third-order valence-corrected chi connectivity index (χ3v) is 8.29. The summed E-state index contributed by atoms with van der Waals surface area (Å²) >= 11 is 0. The highest BCUT2D eigenvalue weighted by Gasteiger charge is 2.30. The minimum absolute atomic E-state index is 0.0664. The van der Waals surface area contributed by atoms with Crippen molar-refractivity contribution >= 4 is 27.5 Å². The lowest BCUT2D eigenvalue weighted by molar-refractivity contribution is -0.141. The van der Waals surface area contributed by atoms with Crippen molar-refractivity contribution < 1.29 is 27.5 Å². The monoisotopic (exact) mass is 593 g/mol. The van der Waals surface area contributed by atoms with Gasteiger partial charge in [0.2, 0.25) is 28.6 Å². The van der Waals surface area contributed by atoms with E-state index in [-0.39, 0.29) is 44.5 Å². The van der Waals surface area contributed by atoms with E-state index in [0.29, 0.717) is 30.2 Å². The smallest absolute Gasteiger partial charge is 0.243 e. The molecule has 224 valence electrons. The van der Waals surface area contributed by atoms with E-state index in [4.69, 9.17) is 9.47 Å². The summed E-state index contributed by atoms with van der Waals surface area (Å²) in [5.74, 6) is 0.615. The van der Waals surface area contributed by atoms with Crippen molar-refractivity contribution in [3.8, 4) is 11.5 Å². The molecule has 1 aliphatic rings. The molecule has 0 radical (unpaired) electrons. The summed E-state index contributed by atoms with van der Waals surface area (Å²) in [4.78, 5) is 29.0. The first-order valence-corrected chi connectivity index (χ1v) is 16.1. The molecule has 0 saturated heterocycles. The lowest BCUT2D eigenvalue weighted by Crippen LogP contribution is -2.50. The number of hydrogen-bond donors (Lipinski definition) is 1. The predicted molar refractivity (Wildman–Crippen MR) is 163 cm³/mol. The van der Waals surface area contributed by atoms with Crippen molar-refractivity contribution in [1.29, 1.82) is 0 Å². The zero-order valence-corrected chi connectivity index (χ0v) is 25.0. The number of rotatable bonds is 15. The number of ether oxygens (including phenoxy) is 2. The topological polar surface area (TPSA) is 105 Å². The van der Waals surface area contributed by atoms with Crippen LogP contribution in [-0.4, -0.2) is 57.3 Å². The molecule has 0 saturated carbocycles. The second-order valence-electron chi connectivity index (χ2n) is 10.3. The second-order valence-corrected chi connectivity index (χ2v) is 12.2. The Bertz CT molecular complexity index is 1430. The number of nitrogens with one attached hydrogen (secondary N) is 1. The molecule has 1 atom stereocenters. The molecule has 0 bridgehead atoms. The Kier molecular flexibility index (Phi) is 10.8. The van der Waals surface area contributed by atoms with Gasteiger partial charge in [0.1, 0.15) is 6.04 Å². The average molecular weight is 594 g/mol. The van der Waals surface area contributed by atoms with Crippen LogP contribution in [0, 0.1) is 0 Å². The van der Waals surface area contributed by atoms with Crippen molar-refractivity contribution in [3.63, 3.8) is 0 Å². The van der Waals surface area contributed by atoms with Crippen LogP contribution >= 0.6 is 0 Å². The molecule has 0 aromatic heterocycles. The maximum absolute atomic E-state index is 13.9. The van der Waals surface area contributed by atoms with Crippen molar-refractivity contribution in [2.24, 2.45) is 0 Å². The van der Waals surface area contributed by atoms with E-state index < -0.39 is 16.1 Å². The Balaban J connectivity index is 1.54. The lowest BCUT2D eigenvalue weighted by Gasteiger charge is -2.32. The number of carbonyl (C=O) groups is 2. The van der Waals surface area contributed by atoms with Gasteiger partial charge in [0, 0.05) is 38.5 Å². The van der Waals surface area contributed by atoms with Crippen molar-refractivity contribution in [2.45, 2.75) is 51.6 Å². The predicted octanol–water partition coefficient (Wildman–Crippen LogP) is 4.52. The van der Waals surface area contributed by atoms with Crippen LogP contribution in [0.3, 0.4) is 0 Å². The Labute approximate surface area is 248 Å². The van der Waals surface area contributed by atoms with Crippen molar-refractivity contribution in [1.82, 2.24) is 10.2 Å². The summed E-state index contributed by atoms with van der Waals surface area (Å²) in [5, 5.41) is 3.02. The highest BCUT2D eigenvalue weighted by atomic mass is 32.2. The summed E-state index contributed by atoms with van der Waals surface area (Å²) in [6, 6.07) is 23.5. The lowest BCUT2D eigenvalue weighted by atomic mass is 10.0. The zero-order chi connectivity index (χ0) is 30.0. The van der Waals surface area contributed by atoms with Gasteiger partial charge in [0.05, 0.1) is 11.9 Å². The van der Waals surface area contributed by atoms with E-state index in [1.807, 2.05) is 60.7 Å². The Morgan fingerprint density at radius 1 is 0.905 bits per heavy atom. The van der Waals surface area contributed by atoms with E-state index in [2.05, 4.69) is 12.2 Å². The largest absolute Gasteiger partial charge is 0.454 e. The van der Waals surface area contributed by atoms with Gasteiger partial charge in [-0.2, -0.15) is 0 Å². The number of fused-ring (bicyclic) bond motifs is 1. The molecular weight excluding hydrogens is 554 g/mol. The van der Waals surface area contributed by atoms with E-state index >= 15 is 0 Å². The molecule has 2 amide bonds. The van der Waals surface area contributed by atoms with E-state index in [1.54, 1.807) is 23.1 Å². The maximum atomic E-state index is 13.9. The number of nitrogens with zero attached hydrogens (tertiary/aromatic N) is 2. The highest BCUT2D eigenvalue weighted by Crippen LogP contribution is 2.36. The fourth-order valence-electron chi connectivity index (χ4n) is 4.88. The van der Waals surface area contributed by atoms with Gasteiger partial charge in [0.15, 0.2) is 11.5 Å². The quantitative estimate of drug-likeness (QED) is 0.260. The third-order valence-electron chi connectivity index (χ3n) is 7.09. The van der Waals surface area contributed by atoms with Gasteiger partial charge in [-0.25, -0.2) is 8.42 Å². The first kappa shape index (κ1) is 30.9. The fraction of sp³-hybridized carbons (Fsp3) is 0.375. The molecule has 3 aromatic carbocycles. The molecule has 0 aliphatic carbocycles. The van der Waals surface area contributed by atoms with E-state index in [0.717, 1.165) is 30.2 Å². The Morgan fingerprint density at radius 3 is 2.24 bits per heavy atom. The third kappa shape index (κ3) is 8.48. The Hall–Kier alpha value is -4.05. The number of amides is 2. The van der Waals surface area contributed by atoms with Gasteiger partial charge in [-0.3, -0.25) is 13.9 Å². The minimum Gasteiger partial charge on any atom is -0.454 e. The van der Waals surface area contributed by atoms with Gasteiger partial charge in [-0.1, -0.05) is 74.0 Å². The number of unbranched alkanes of at least 4 members (excludes halogenated alkanes) is 1. The molecular formula is C32H39N3O6S. The fourth-order valence-corrected chi connectivity index (χ4v) is 5.84. The second kappa shape index (κ2) is 14.7. The molecule has 4 rings (SSSR count).